The monoisotopic (exact) mass is 569 g/mol. The lowest BCUT2D eigenvalue weighted by Gasteiger charge is -2.14. The molecule has 4 rings (SSSR count). The number of carbonyl (C=O) groups excluding carboxylic acids is 3. The van der Waals surface area contributed by atoms with Gasteiger partial charge in [0.05, 0.1) is 5.25 Å². The molecule has 0 aliphatic carbocycles. The van der Waals surface area contributed by atoms with Crippen molar-refractivity contribution in [1.29, 1.82) is 0 Å². The highest BCUT2D eigenvalue weighted by molar-refractivity contribution is 8.00. The van der Waals surface area contributed by atoms with Crippen molar-refractivity contribution < 1.29 is 14.4 Å². The SMILES string of the molecule is Cc1ccc(NC(=O)C(C)Sc2ccc(NC(=O)/C(=C/c3ccc(Cl)cc3)NC(=O)c3ccccc3)cc2)cc1. The quantitative estimate of drug-likeness (QED) is 0.147. The van der Waals surface area contributed by atoms with Crippen molar-refractivity contribution in [2.45, 2.75) is 24.0 Å². The van der Waals surface area contributed by atoms with Crippen molar-refractivity contribution in [3.8, 4) is 0 Å². The van der Waals surface area contributed by atoms with Crippen LogP contribution in [0.3, 0.4) is 0 Å². The van der Waals surface area contributed by atoms with Gasteiger partial charge in [-0.2, -0.15) is 0 Å². The molecule has 8 heteroatoms. The summed E-state index contributed by atoms with van der Waals surface area (Å²) in [7, 11) is 0. The summed E-state index contributed by atoms with van der Waals surface area (Å²) in [6.45, 7) is 3.83. The molecule has 0 aromatic heterocycles. The fourth-order valence-corrected chi connectivity index (χ4v) is 4.62. The van der Waals surface area contributed by atoms with Crippen molar-refractivity contribution in [1.82, 2.24) is 5.32 Å². The Morgan fingerprint density at radius 3 is 2.02 bits per heavy atom. The number of amides is 3. The fourth-order valence-electron chi connectivity index (χ4n) is 3.62. The molecule has 0 saturated heterocycles. The van der Waals surface area contributed by atoms with E-state index < -0.39 is 11.8 Å². The smallest absolute Gasteiger partial charge is 0.272 e. The minimum atomic E-state index is -0.481. The Bertz CT molecular complexity index is 1500. The topological polar surface area (TPSA) is 87.3 Å². The number of benzene rings is 4. The summed E-state index contributed by atoms with van der Waals surface area (Å²) < 4.78 is 0. The first-order valence-electron chi connectivity index (χ1n) is 12.6. The Labute approximate surface area is 242 Å². The van der Waals surface area contributed by atoms with Crippen molar-refractivity contribution >= 4 is 58.5 Å². The highest BCUT2D eigenvalue weighted by Gasteiger charge is 2.17. The Balaban J connectivity index is 1.42. The lowest BCUT2D eigenvalue weighted by atomic mass is 10.1. The second-order valence-electron chi connectivity index (χ2n) is 9.02. The molecule has 1 atom stereocenters. The molecule has 6 nitrogen and oxygen atoms in total. The Hall–Kier alpha value is -4.33. The number of nitrogens with one attached hydrogen (secondary N) is 3. The lowest BCUT2D eigenvalue weighted by Crippen LogP contribution is -2.30. The molecule has 1 unspecified atom stereocenters. The number of hydrogen-bond donors (Lipinski definition) is 3. The van der Waals surface area contributed by atoms with E-state index in [1.54, 1.807) is 66.7 Å². The number of rotatable bonds is 9. The van der Waals surface area contributed by atoms with Gasteiger partial charge < -0.3 is 16.0 Å². The summed E-state index contributed by atoms with van der Waals surface area (Å²) in [6.07, 6.45) is 1.59. The van der Waals surface area contributed by atoms with Crippen LogP contribution in [-0.4, -0.2) is 23.0 Å². The predicted octanol–water partition coefficient (Wildman–Crippen LogP) is 7.18. The zero-order chi connectivity index (χ0) is 28.5. The molecular formula is C32H28ClN3O3S. The Kier molecular flexibility index (Phi) is 9.78. The van der Waals surface area contributed by atoms with E-state index in [1.165, 1.54) is 11.8 Å². The van der Waals surface area contributed by atoms with Crippen molar-refractivity contribution in [3.63, 3.8) is 0 Å². The fraction of sp³-hybridized carbons (Fsp3) is 0.0938. The van der Waals surface area contributed by atoms with Crippen LogP contribution in [0.5, 0.6) is 0 Å². The van der Waals surface area contributed by atoms with E-state index in [2.05, 4.69) is 16.0 Å². The summed E-state index contributed by atoms with van der Waals surface area (Å²) in [5.41, 5.74) is 3.63. The maximum absolute atomic E-state index is 13.2. The molecule has 0 radical (unpaired) electrons. The van der Waals surface area contributed by atoms with Gasteiger partial charge in [-0.1, -0.05) is 59.6 Å². The lowest BCUT2D eigenvalue weighted by molar-refractivity contribution is -0.115. The molecule has 0 spiro atoms. The molecule has 0 bridgehead atoms. The molecule has 0 heterocycles. The molecule has 40 heavy (non-hydrogen) atoms. The van der Waals surface area contributed by atoms with Gasteiger partial charge >= 0.3 is 0 Å². The highest BCUT2D eigenvalue weighted by Crippen LogP contribution is 2.26. The summed E-state index contributed by atoms with van der Waals surface area (Å²) >= 11 is 7.40. The van der Waals surface area contributed by atoms with Gasteiger partial charge in [-0.15, -0.1) is 11.8 Å². The van der Waals surface area contributed by atoms with Crippen LogP contribution in [-0.2, 0) is 9.59 Å². The van der Waals surface area contributed by atoms with Crippen LogP contribution in [0, 0.1) is 6.92 Å². The van der Waals surface area contributed by atoms with Crippen LogP contribution in [0.15, 0.2) is 114 Å². The van der Waals surface area contributed by atoms with E-state index in [1.807, 2.05) is 56.3 Å². The average molecular weight is 570 g/mol. The molecule has 0 aliphatic heterocycles. The maximum atomic E-state index is 13.2. The normalized spacial score (nSPS) is 11.8. The van der Waals surface area contributed by atoms with E-state index in [0.29, 0.717) is 21.8 Å². The third-order valence-electron chi connectivity index (χ3n) is 5.82. The van der Waals surface area contributed by atoms with E-state index in [9.17, 15) is 14.4 Å². The Morgan fingerprint density at radius 2 is 1.38 bits per heavy atom. The van der Waals surface area contributed by atoms with Crippen molar-refractivity contribution in [3.05, 3.63) is 131 Å². The molecular weight excluding hydrogens is 542 g/mol. The van der Waals surface area contributed by atoms with Gasteiger partial charge in [-0.05, 0) is 86.2 Å². The zero-order valence-electron chi connectivity index (χ0n) is 22.0. The van der Waals surface area contributed by atoms with E-state index in [0.717, 1.165) is 16.1 Å². The van der Waals surface area contributed by atoms with Crippen molar-refractivity contribution in [2.75, 3.05) is 10.6 Å². The van der Waals surface area contributed by atoms with E-state index in [4.69, 9.17) is 11.6 Å². The van der Waals surface area contributed by atoms with Gasteiger partial charge in [0.25, 0.3) is 11.8 Å². The average Bonchev–Trinajstić information content (AvgIpc) is 2.96. The Morgan fingerprint density at radius 1 is 0.775 bits per heavy atom. The first-order chi connectivity index (χ1) is 19.3. The molecule has 3 N–H and O–H groups in total. The third kappa shape index (κ3) is 8.33. The summed E-state index contributed by atoms with van der Waals surface area (Å²) in [5, 5.41) is 8.71. The number of hydrogen-bond acceptors (Lipinski definition) is 4. The second kappa shape index (κ2) is 13.6. The predicted molar refractivity (Wildman–Crippen MR) is 164 cm³/mol. The number of halogens is 1. The van der Waals surface area contributed by atoms with Crippen LogP contribution in [0.25, 0.3) is 6.08 Å². The first-order valence-corrected chi connectivity index (χ1v) is 13.8. The number of carbonyl (C=O) groups is 3. The number of aryl methyl sites for hydroxylation is 1. The highest BCUT2D eigenvalue weighted by atomic mass is 35.5. The van der Waals surface area contributed by atoms with Gasteiger partial charge in [0.2, 0.25) is 5.91 Å². The first kappa shape index (κ1) is 28.7. The van der Waals surface area contributed by atoms with E-state index in [-0.39, 0.29) is 16.9 Å². The van der Waals surface area contributed by atoms with Crippen LogP contribution < -0.4 is 16.0 Å². The minimum Gasteiger partial charge on any atom is -0.325 e. The van der Waals surface area contributed by atoms with Crippen LogP contribution in [0.2, 0.25) is 5.02 Å². The number of thioether (sulfide) groups is 1. The van der Waals surface area contributed by atoms with Crippen LogP contribution in [0.4, 0.5) is 11.4 Å². The summed E-state index contributed by atoms with van der Waals surface area (Å²) in [6, 6.07) is 30.4. The summed E-state index contributed by atoms with van der Waals surface area (Å²) in [5.74, 6) is -0.983. The molecule has 202 valence electrons. The van der Waals surface area contributed by atoms with Gasteiger partial charge in [-0.3, -0.25) is 14.4 Å². The van der Waals surface area contributed by atoms with Crippen LogP contribution in [0.1, 0.15) is 28.4 Å². The van der Waals surface area contributed by atoms with Gasteiger partial charge in [0, 0.05) is 26.9 Å². The molecule has 4 aromatic carbocycles. The van der Waals surface area contributed by atoms with Crippen LogP contribution >= 0.6 is 23.4 Å². The largest absolute Gasteiger partial charge is 0.325 e. The molecule has 3 amide bonds. The molecule has 0 fully saturated rings. The maximum Gasteiger partial charge on any atom is 0.272 e. The zero-order valence-corrected chi connectivity index (χ0v) is 23.6. The van der Waals surface area contributed by atoms with Gasteiger partial charge in [0.15, 0.2) is 0 Å². The molecule has 0 saturated carbocycles. The van der Waals surface area contributed by atoms with E-state index >= 15 is 0 Å². The second-order valence-corrected chi connectivity index (χ2v) is 10.9. The van der Waals surface area contributed by atoms with Crippen molar-refractivity contribution in [2.24, 2.45) is 0 Å². The summed E-state index contributed by atoms with van der Waals surface area (Å²) in [4.78, 5) is 39.5. The number of anilines is 2. The minimum absolute atomic E-state index is 0.0797. The standard InChI is InChI=1S/C32H28ClN3O3S/c1-21-8-14-26(15-9-21)34-30(37)22(2)40-28-18-16-27(17-19-28)35-32(39)29(20-23-10-12-25(33)13-11-23)36-31(38)24-6-4-3-5-7-24/h3-20,22H,1-2H3,(H,34,37)(H,35,39)(H,36,38)/b29-20-. The molecule has 4 aromatic rings. The molecule has 0 aliphatic rings. The van der Waals surface area contributed by atoms with Gasteiger partial charge in [0.1, 0.15) is 5.70 Å². The third-order valence-corrected chi connectivity index (χ3v) is 7.19. The van der Waals surface area contributed by atoms with Gasteiger partial charge in [-0.25, -0.2) is 0 Å².